The monoisotopic (exact) mass is 505 g/mol. The molecule has 0 amide bonds. The minimum absolute atomic E-state index is 1.20. The molecule has 9 rings (SSSR count). The summed E-state index contributed by atoms with van der Waals surface area (Å²) in [5.41, 5.74) is 5.00. The van der Waals surface area contributed by atoms with Crippen molar-refractivity contribution in [1.29, 1.82) is 0 Å². The number of fused-ring (bicyclic) bond motifs is 13. The highest BCUT2D eigenvalue weighted by Crippen LogP contribution is 2.46. The van der Waals surface area contributed by atoms with E-state index in [4.69, 9.17) is 0 Å². The van der Waals surface area contributed by atoms with Crippen LogP contribution in [0.4, 0.5) is 0 Å². The van der Waals surface area contributed by atoms with Gasteiger partial charge >= 0.3 is 0 Å². The molecule has 3 heteroatoms. The van der Waals surface area contributed by atoms with E-state index in [0.29, 0.717) is 0 Å². The van der Waals surface area contributed by atoms with Crippen molar-refractivity contribution in [1.82, 2.24) is 4.98 Å². The summed E-state index contributed by atoms with van der Waals surface area (Å²) in [6.45, 7) is 0. The summed E-state index contributed by atoms with van der Waals surface area (Å²) in [7, 11) is 0. The Morgan fingerprint density at radius 2 is 1.11 bits per heavy atom. The van der Waals surface area contributed by atoms with Gasteiger partial charge in [0, 0.05) is 51.9 Å². The van der Waals surface area contributed by atoms with Crippen LogP contribution in [0.5, 0.6) is 0 Å². The van der Waals surface area contributed by atoms with Crippen LogP contribution in [-0.4, -0.2) is 4.98 Å². The predicted octanol–water partition coefficient (Wildman–Crippen LogP) is 10.9. The van der Waals surface area contributed by atoms with E-state index in [0.717, 1.165) is 0 Å². The Hall–Kier alpha value is -4.18. The number of hydrogen-bond acceptors (Lipinski definition) is 2. The van der Waals surface area contributed by atoms with Crippen LogP contribution in [0.3, 0.4) is 0 Å². The van der Waals surface area contributed by atoms with Crippen LogP contribution in [0, 0.1) is 0 Å². The Morgan fingerprint density at radius 3 is 2.00 bits per heavy atom. The molecule has 0 bridgehead atoms. The lowest BCUT2D eigenvalue weighted by molar-refractivity contribution is 1.57. The van der Waals surface area contributed by atoms with Gasteiger partial charge in [-0.25, -0.2) is 0 Å². The Labute approximate surface area is 220 Å². The van der Waals surface area contributed by atoms with E-state index >= 15 is 0 Å². The number of benzene rings is 6. The normalized spacial score (nSPS) is 12.3. The summed E-state index contributed by atoms with van der Waals surface area (Å²) in [6.07, 6.45) is 0. The van der Waals surface area contributed by atoms with Crippen LogP contribution >= 0.6 is 22.7 Å². The van der Waals surface area contributed by atoms with Gasteiger partial charge in [0.15, 0.2) is 0 Å². The molecule has 0 saturated carbocycles. The molecule has 0 aliphatic carbocycles. The highest BCUT2D eigenvalue weighted by atomic mass is 32.1. The van der Waals surface area contributed by atoms with Crippen LogP contribution in [-0.2, 0) is 0 Å². The van der Waals surface area contributed by atoms with Gasteiger partial charge in [0.05, 0.1) is 10.2 Å². The highest BCUT2D eigenvalue weighted by molar-refractivity contribution is 7.27. The lowest BCUT2D eigenvalue weighted by Crippen LogP contribution is -1.79. The van der Waals surface area contributed by atoms with Gasteiger partial charge in [0.1, 0.15) is 0 Å². The first-order valence-corrected chi connectivity index (χ1v) is 14.2. The molecule has 3 aromatic heterocycles. The molecule has 0 unspecified atom stereocenters. The van der Waals surface area contributed by atoms with Gasteiger partial charge in [-0.3, -0.25) is 0 Å². The van der Waals surface area contributed by atoms with E-state index in [-0.39, 0.29) is 0 Å². The molecule has 3 heterocycles. The van der Waals surface area contributed by atoms with E-state index in [1.807, 2.05) is 22.7 Å². The van der Waals surface area contributed by atoms with E-state index < -0.39 is 0 Å². The fourth-order valence-electron chi connectivity index (χ4n) is 6.14. The van der Waals surface area contributed by atoms with Gasteiger partial charge in [-0.05, 0) is 52.2 Å². The summed E-state index contributed by atoms with van der Waals surface area (Å²) in [6, 6.07) is 40.2. The van der Waals surface area contributed by atoms with Gasteiger partial charge in [0.25, 0.3) is 0 Å². The second-order valence-corrected chi connectivity index (χ2v) is 11.9. The Morgan fingerprint density at radius 1 is 0.432 bits per heavy atom. The summed E-state index contributed by atoms with van der Waals surface area (Å²) in [5, 5.41) is 10.7. The molecular weight excluding hydrogens is 487 g/mol. The summed E-state index contributed by atoms with van der Waals surface area (Å²) >= 11 is 3.78. The zero-order valence-corrected chi connectivity index (χ0v) is 21.3. The van der Waals surface area contributed by atoms with E-state index in [9.17, 15) is 0 Å². The summed E-state index contributed by atoms with van der Waals surface area (Å²) < 4.78 is 5.37. The SMILES string of the molecule is c1ccc2c(c1)[nH]c1c3sc4cc(-c5ccc6sc7ccccc7c6c5)ccc4c3c3ccccc3c21. The second-order valence-electron chi connectivity index (χ2n) is 9.79. The molecule has 0 saturated heterocycles. The maximum atomic E-state index is 3.77. The van der Waals surface area contributed by atoms with Crippen molar-refractivity contribution in [3.8, 4) is 11.1 Å². The van der Waals surface area contributed by atoms with Crippen molar-refractivity contribution in [3.63, 3.8) is 0 Å². The largest absolute Gasteiger partial charge is 0.353 e. The van der Waals surface area contributed by atoms with Gasteiger partial charge in [-0.2, -0.15) is 0 Å². The third-order valence-electron chi connectivity index (χ3n) is 7.80. The molecule has 1 nitrogen and oxygen atoms in total. The summed E-state index contributed by atoms with van der Waals surface area (Å²) in [5.74, 6) is 0. The average molecular weight is 506 g/mol. The molecule has 0 fully saturated rings. The molecule has 0 aliphatic rings. The number of H-pyrrole nitrogens is 1. The maximum Gasteiger partial charge on any atom is 0.0653 e. The van der Waals surface area contributed by atoms with Crippen molar-refractivity contribution < 1.29 is 0 Å². The van der Waals surface area contributed by atoms with Crippen molar-refractivity contribution in [2.24, 2.45) is 0 Å². The van der Waals surface area contributed by atoms with Crippen LogP contribution in [0.1, 0.15) is 0 Å². The first-order chi connectivity index (χ1) is 18.3. The molecule has 0 radical (unpaired) electrons. The van der Waals surface area contributed by atoms with Crippen molar-refractivity contribution >= 4 is 95.6 Å². The predicted molar refractivity (Wildman–Crippen MR) is 165 cm³/mol. The number of hydrogen-bond donors (Lipinski definition) is 1. The molecule has 1 N–H and O–H groups in total. The van der Waals surface area contributed by atoms with Crippen molar-refractivity contribution in [2.45, 2.75) is 0 Å². The zero-order valence-electron chi connectivity index (χ0n) is 19.7. The molecule has 9 aromatic rings. The zero-order chi connectivity index (χ0) is 24.1. The first kappa shape index (κ1) is 19.9. The van der Waals surface area contributed by atoms with Gasteiger partial charge in [-0.15, -0.1) is 22.7 Å². The minimum atomic E-state index is 1.20. The number of thiophene rings is 2. The van der Waals surface area contributed by atoms with Gasteiger partial charge in [-0.1, -0.05) is 78.9 Å². The summed E-state index contributed by atoms with van der Waals surface area (Å²) in [4.78, 5) is 3.77. The maximum absolute atomic E-state index is 3.77. The smallest absolute Gasteiger partial charge is 0.0653 e. The topological polar surface area (TPSA) is 15.8 Å². The number of aromatic amines is 1. The third kappa shape index (κ3) is 2.68. The van der Waals surface area contributed by atoms with Crippen molar-refractivity contribution in [3.05, 3.63) is 109 Å². The number of rotatable bonds is 1. The fourth-order valence-corrected chi connectivity index (χ4v) is 8.49. The minimum Gasteiger partial charge on any atom is -0.353 e. The number of nitrogens with one attached hydrogen (secondary N) is 1. The van der Waals surface area contributed by atoms with Gasteiger partial charge in [0.2, 0.25) is 0 Å². The van der Waals surface area contributed by atoms with E-state index in [1.165, 1.54) is 84.0 Å². The van der Waals surface area contributed by atoms with Gasteiger partial charge < -0.3 is 4.98 Å². The molecular formula is C34H19NS2. The quantitative estimate of drug-likeness (QED) is 0.228. The number of para-hydroxylation sites is 1. The standard InChI is InChI=1S/C34H19NS2/c1-2-9-23-22(8-1)31-24-10-3-5-11-27(24)35-33(31)34-32(23)25-15-13-20(18-30(25)37-34)19-14-16-29-26(17-19)21-7-4-6-12-28(21)36-29/h1-18,35H. The molecule has 0 aliphatic heterocycles. The number of aromatic nitrogens is 1. The van der Waals surface area contributed by atoms with E-state index in [2.05, 4.69) is 114 Å². The van der Waals surface area contributed by atoms with Crippen LogP contribution in [0.2, 0.25) is 0 Å². The molecule has 0 atom stereocenters. The Kier molecular flexibility index (Phi) is 3.88. The Bertz CT molecular complexity index is 2360. The van der Waals surface area contributed by atoms with Crippen LogP contribution in [0.25, 0.3) is 84.0 Å². The lowest BCUT2D eigenvalue weighted by Gasteiger charge is -2.05. The fraction of sp³-hybridized carbons (Fsp3) is 0. The van der Waals surface area contributed by atoms with Crippen LogP contribution in [0.15, 0.2) is 109 Å². The Balaban J connectivity index is 1.35. The molecule has 37 heavy (non-hydrogen) atoms. The molecule has 6 aromatic carbocycles. The first-order valence-electron chi connectivity index (χ1n) is 12.5. The average Bonchev–Trinajstić information content (AvgIpc) is 3.63. The van der Waals surface area contributed by atoms with E-state index in [1.54, 1.807) is 0 Å². The third-order valence-corrected chi connectivity index (χ3v) is 10.1. The highest BCUT2D eigenvalue weighted by Gasteiger charge is 2.18. The lowest BCUT2D eigenvalue weighted by atomic mass is 9.97. The molecule has 172 valence electrons. The second kappa shape index (κ2) is 7.19. The van der Waals surface area contributed by atoms with Crippen LogP contribution < -0.4 is 0 Å². The molecule has 0 spiro atoms. The van der Waals surface area contributed by atoms with Crippen molar-refractivity contribution in [2.75, 3.05) is 0 Å².